The summed E-state index contributed by atoms with van der Waals surface area (Å²) in [4.78, 5) is 2.24. The third-order valence-corrected chi connectivity index (χ3v) is 4.15. The Morgan fingerprint density at radius 2 is 1.94 bits per heavy atom. The number of hydrogen-bond acceptors (Lipinski definition) is 4. The third-order valence-electron chi connectivity index (χ3n) is 4.15. The predicted octanol–water partition coefficient (Wildman–Crippen LogP) is 1.76. The average molecular weight is 257 g/mol. The van der Waals surface area contributed by atoms with E-state index in [1.165, 1.54) is 12.8 Å². The Kier molecular flexibility index (Phi) is 5.89. The normalized spacial score (nSPS) is 33.8. The van der Waals surface area contributed by atoms with Crippen LogP contribution < -0.4 is 0 Å². The Morgan fingerprint density at radius 1 is 1.17 bits per heavy atom. The van der Waals surface area contributed by atoms with Gasteiger partial charge in [-0.05, 0) is 39.2 Å². The van der Waals surface area contributed by atoms with E-state index in [0.717, 1.165) is 45.3 Å². The molecule has 0 spiro atoms. The van der Waals surface area contributed by atoms with Gasteiger partial charge < -0.3 is 14.6 Å². The van der Waals surface area contributed by atoms with Crippen LogP contribution in [0.1, 0.15) is 44.9 Å². The quantitative estimate of drug-likeness (QED) is 0.815. The smallest absolute Gasteiger partial charge is 0.157 e. The first-order valence-electron chi connectivity index (χ1n) is 7.39. The molecule has 2 aliphatic rings. The van der Waals surface area contributed by atoms with Crippen LogP contribution in [0.25, 0.3) is 0 Å². The molecule has 4 heteroatoms. The van der Waals surface area contributed by atoms with Gasteiger partial charge in [0, 0.05) is 19.2 Å². The molecule has 1 N–H and O–H groups in total. The van der Waals surface area contributed by atoms with Crippen molar-refractivity contribution < 1.29 is 14.6 Å². The monoisotopic (exact) mass is 257 g/mol. The van der Waals surface area contributed by atoms with Crippen LogP contribution in [0.5, 0.6) is 0 Å². The molecule has 0 radical (unpaired) electrons. The highest BCUT2D eigenvalue weighted by Crippen LogP contribution is 2.22. The first-order chi connectivity index (χ1) is 8.77. The number of likely N-dealkylation sites (N-methyl/N-ethyl adjacent to an activating group) is 1. The maximum Gasteiger partial charge on any atom is 0.157 e. The first-order valence-corrected chi connectivity index (χ1v) is 7.39. The van der Waals surface area contributed by atoms with Crippen molar-refractivity contribution in [3.63, 3.8) is 0 Å². The molecule has 18 heavy (non-hydrogen) atoms. The van der Waals surface area contributed by atoms with E-state index >= 15 is 0 Å². The highest BCUT2D eigenvalue weighted by Gasteiger charge is 2.26. The van der Waals surface area contributed by atoms with Crippen molar-refractivity contribution in [1.29, 1.82) is 0 Å². The maximum atomic E-state index is 9.98. The molecular weight excluding hydrogens is 230 g/mol. The minimum atomic E-state index is -0.158. The van der Waals surface area contributed by atoms with E-state index < -0.39 is 0 Å². The fourth-order valence-corrected chi connectivity index (χ4v) is 2.94. The Bertz CT molecular complexity index is 231. The third kappa shape index (κ3) is 4.19. The Labute approximate surface area is 110 Å². The van der Waals surface area contributed by atoms with Crippen molar-refractivity contribution >= 4 is 0 Å². The summed E-state index contributed by atoms with van der Waals surface area (Å²) < 4.78 is 11.3. The number of hydrogen-bond donors (Lipinski definition) is 1. The zero-order valence-corrected chi connectivity index (χ0v) is 11.5. The molecule has 0 aromatic carbocycles. The van der Waals surface area contributed by atoms with E-state index in [0.29, 0.717) is 12.6 Å². The van der Waals surface area contributed by atoms with Gasteiger partial charge in [-0.25, -0.2) is 0 Å². The molecule has 3 atom stereocenters. The summed E-state index contributed by atoms with van der Waals surface area (Å²) in [5, 5.41) is 9.98. The average Bonchev–Trinajstić information content (AvgIpc) is 2.40. The predicted molar refractivity (Wildman–Crippen MR) is 70.4 cm³/mol. The summed E-state index contributed by atoms with van der Waals surface area (Å²) in [5.41, 5.74) is 0. The molecule has 2 rings (SSSR count). The van der Waals surface area contributed by atoms with Crippen LogP contribution in [0.2, 0.25) is 0 Å². The van der Waals surface area contributed by atoms with Crippen molar-refractivity contribution in [3.8, 4) is 0 Å². The molecule has 1 heterocycles. The second-order valence-corrected chi connectivity index (χ2v) is 5.57. The number of aliphatic hydroxyl groups excluding tert-OH is 1. The first kappa shape index (κ1) is 14.3. The minimum Gasteiger partial charge on any atom is -0.391 e. The van der Waals surface area contributed by atoms with Gasteiger partial charge in [0.2, 0.25) is 0 Å². The fourth-order valence-electron chi connectivity index (χ4n) is 2.94. The molecule has 0 bridgehead atoms. The van der Waals surface area contributed by atoms with Gasteiger partial charge in [-0.3, -0.25) is 4.90 Å². The van der Waals surface area contributed by atoms with Crippen LogP contribution in [-0.2, 0) is 9.47 Å². The summed E-state index contributed by atoms with van der Waals surface area (Å²) in [6.07, 6.45) is 7.69. The van der Waals surface area contributed by atoms with Crippen LogP contribution >= 0.6 is 0 Å². The lowest BCUT2D eigenvalue weighted by Gasteiger charge is -2.35. The van der Waals surface area contributed by atoms with Crippen LogP contribution in [0.4, 0.5) is 0 Å². The standard InChI is InChI=1S/C14H27NO3/c1-15(12-6-2-3-7-13(12)16)9-11-18-14-8-4-5-10-17-14/h12-14,16H,2-11H2,1H3. The summed E-state index contributed by atoms with van der Waals surface area (Å²) in [6.45, 7) is 2.41. The Hall–Kier alpha value is -0.160. The lowest BCUT2D eigenvalue weighted by Crippen LogP contribution is -2.44. The van der Waals surface area contributed by atoms with E-state index in [9.17, 15) is 5.11 Å². The number of nitrogens with zero attached hydrogens (tertiary/aromatic N) is 1. The molecule has 0 aromatic heterocycles. The van der Waals surface area contributed by atoms with Gasteiger partial charge in [0.1, 0.15) is 0 Å². The van der Waals surface area contributed by atoms with Crippen LogP contribution in [-0.4, -0.2) is 55.2 Å². The molecule has 106 valence electrons. The summed E-state index contributed by atoms with van der Waals surface area (Å²) in [6, 6.07) is 0.314. The van der Waals surface area contributed by atoms with E-state index in [1.807, 2.05) is 0 Å². The molecule has 2 fully saturated rings. The van der Waals surface area contributed by atoms with E-state index in [4.69, 9.17) is 9.47 Å². The zero-order chi connectivity index (χ0) is 12.8. The second kappa shape index (κ2) is 7.43. The minimum absolute atomic E-state index is 0.00318. The number of ether oxygens (including phenoxy) is 2. The highest BCUT2D eigenvalue weighted by molar-refractivity contribution is 4.81. The molecule has 3 unspecified atom stereocenters. The largest absolute Gasteiger partial charge is 0.391 e. The van der Waals surface area contributed by atoms with Gasteiger partial charge in [0.05, 0.1) is 12.7 Å². The van der Waals surface area contributed by atoms with Gasteiger partial charge in [-0.1, -0.05) is 12.8 Å². The van der Waals surface area contributed by atoms with Gasteiger partial charge in [0.15, 0.2) is 6.29 Å². The molecule has 0 aromatic rings. The van der Waals surface area contributed by atoms with Gasteiger partial charge in [-0.2, -0.15) is 0 Å². The lowest BCUT2D eigenvalue weighted by molar-refractivity contribution is -0.165. The van der Waals surface area contributed by atoms with Crippen molar-refractivity contribution in [1.82, 2.24) is 4.90 Å². The highest BCUT2D eigenvalue weighted by atomic mass is 16.7. The van der Waals surface area contributed by atoms with Crippen molar-refractivity contribution in [3.05, 3.63) is 0 Å². The molecule has 1 saturated heterocycles. The van der Waals surface area contributed by atoms with E-state index in [-0.39, 0.29) is 12.4 Å². The van der Waals surface area contributed by atoms with Crippen molar-refractivity contribution in [2.24, 2.45) is 0 Å². The maximum absolute atomic E-state index is 9.98. The van der Waals surface area contributed by atoms with Crippen LogP contribution in [0, 0.1) is 0 Å². The fraction of sp³-hybridized carbons (Fsp3) is 1.00. The van der Waals surface area contributed by atoms with Crippen molar-refractivity contribution in [2.75, 3.05) is 26.8 Å². The molecule has 1 aliphatic heterocycles. The molecule has 4 nitrogen and oxygen atoms in total. The summed E-state index contributed by atoms with van der Waals surface area (Å²) in [7, 11) is 2.09. The van der Waals surface area contributed by atoms with E-state index in [1.54, 1.807) is 0 Å². The Balaban J connectivity index is 1.62. The van der Waals surface area contributed by atoms with E-state index in [2.05, 4.69) is 11.9 Å². The Morgan fingerprint density at radius 3 is 2.67 bits per heavy atom. The second-order valence-electron chi connectivity index (χ2n) is 5.57. The lowest BCUT2D eigenvalue weighted by atomic mass is 9.92. The van der Waals surface area contributed by atoms with Gasteiger partial charge in [-0.15, -0.1) is 0 Å². The molecule has 0 amide bonds. The summed E-state index contributed by atoms with van der Waals surface area (Å²) >= 11 is 0. The molecular formula is C14H27NO3. The number of aliphatic hydroxyl groups is 1. The topological polar surface area (TPSA) is 41.9 Å². The molecule has 1 saturated carbocycles. The SMILES string of the molecule is CN(CCOC1CCCCO1)C1CCCCC1O. The van der Waals surface area contributed by atoms with Crippen molar-refractivity contribution in [2.45, 2.75) is 63.4 Å². The number of rotatable bonds is 5. The molecule has 1 aliphatic carbocycles. The van der Waals surface area contributed by atoms with Gasteiger partial charge >= 0.3 is 0 Å². The summed E-state index contributed by atoms with van der Waals surface area (Å²) in [5.74, 6) is 0. The zero-order valence-electron chi connectivity index (χ0n) is 11.5. The van der Waals surface area contributed by atoms with Crippen LogP contribution in [0.15, 0.2) is 0 Å². The van der Waals surface area contributed by atoms with Gasteiger partial charge in [0.25, 0.3) is 0 Å². The van der Waals surface area contributed by atoms with Crippen LogP contribution in [0.3, 0.4) is 0 Å².